The molecule has 2 rings (SSSR count). The van der Waals surface area contributed by atoms with Crippen LogP contribution < -0.4 is 16.9 Å². The molecule has 3 amide bonds. The Balaban J connectivity index is 1.65. The molecule has 1 saturated heterocycles. The van der Waals surface area contributed by atoms with Crippen molar-refractivity contribution >= 4 is 17.7 Å². The van der Waals surface area contributed by atoms with E-state index >= 15 is 0 Å². The highest BCUT2D eigenvalue weighted by Gasteiger charge is 2.33. The van der Waals surface area contributed by atoms with Gasteiger partial charge in [0.05, 0.1) is 25.3 Å². The third-order valence-corrected chi connectivity index (χ3v) is 6.17. The molecule has 1 aliphatic heterocycles. The third-order valence-electron chi connectivity index (χ3n) is 6.17. The Morgan fingerprint density at radius 2 is 1.88 bits per heavy atom. The number of amides is 3. The molecule has 2 fully saturated rings. The predicted molar refractivity (Wildman–Crippen MR) is 119 cm³/mol. The van der Waals surface area contributed by atoms with Crippen molar-refractivity contribution in [1.82, 2.24) is 15.2 Å². The fraction of sp³-hybridized carbons (Fsp3) is 0.773. The van der Waals surface area contributed by atoms with E-state index in [0.717, 1.165) is 25.7 Å². The Morgan fingerprint density at radius 1 is 1.25 bits per heavy atom. The van der Waals surface area contributed by atoms with Crippen LogP contribution in [0.4, 0.5) is 0 Å². The molecule has 1 aliphatic carbocycles. The van der Waals surface area contributed by atoms with E-state index in [1.807, 2.05) is 13.8 Å². The van der Waals surface area contributed by atoms with Gasteiger partial charge in [0.1, 0.15) is 0 Å². The largest absolute Gasteiger partial charge is 0.399 e. The Bertz CT molecular complexity index is 672. The molecule has 6 N–H and O–H groups in total. The lowest BCUT2D eigenvalue weighted by Crippen LogP contribution is -2.39. The van der Waals surface area contributed by atoms with Crippen molar-refractivity contribution in [2.75, 3.05) is 32.8 Å². The highest BCUT2D eigenvalue weighted by atomic mass is 16.5. The van der Waals surface area contributed by atoms with Crippen LogP contribution in [0.3, 0.4) is 0 Å². The van der Waals surface area contributed by atoms with E-state index in [9.17, 15) is 14.4 Å². The van der Waals surface area contributed by atoms with Gasteiger partial charge in [-0.2, -0.15) is 0 Å². The number of ether oxygens (including phenoxy) is 1. The average Bonchev–Trinajstić information content (AvgIpc) is 3.04. The fourth-order valence-electron chi connectivity index (χ4n) is 4.12. The number of hydrogen-bond acceptors (Lipinski definition) is 8. The summed E-state index contributed by atoms with van der Waals surface area (Å²) in [5.74, 6) is 5.91. The maximum absolute atomic E-state index is 12.5. The summed E-state index contributed by atoms with van der Waals surface area (Å²) in [4.78, 5) is 37.4. The van der Waals surface area contributed by atoms with E-state index in [0.29, 0.717) is 44.7 Å². The lowest BCUT2D eigenvalue weighted by Gasteiger charge is -2.30. The molecule has 10 heteroatoms. The quantitative estimate of drug-likeness (QED) is 0.186. The number of nitrogens with zero attached hydrogens (tertiary/aromatic N) is 2. The Morgan fingerprint density at radius 3 is 2.47 bits per heavy atom. The highest BCUT2D eigenvalue weighted by molar-refractivity contribution is 6.01. The number of carbonyl (C=O) groups excluding carboxylic acids is 3. The van der Waals surface area contributed by atoms with Crippen LogP contribution in [0.25, 0.3) is 0 Å². The zero-order valence-electron chi connectivity index (χ0n) is 19.3. The summed E-state index contributed by atoms with van der Waals surface area (Å²) < 4.78 is 5.70. The Kier molecular flexibility index (Phi) is 9.92. The molecule has 2 aliphatic rings. The molecule has 0 aromatic heterocycles. The van der Waals surface area contributed by atoms with Gasteiger partial charge in [-0.05, 0) is 51.9 Å². The monoisotopic (exact) mass is 453 g/mol. The summed E-state index contributed by atoms with van der Waals surface area (Å²) >= 11 is 0. The van der Waals surface area contributed by atoms with Crippen molar-refractivity contribution in [3.8, 4) is 0 Å². The van der Waals surface area contributed by atoms with Crippen LogP contribution in [0.2, 0.25) is 0 Å². The van der Waals surface area contributed by atoms with Gasteiger partial charge in [0, 0.05) is 43.8 Å². The molecule has 0 unspecified atom stereocenters. The zero-order chi connectivity index (χ0) is 23.7. The standard InChI is InChI=1S/C22H39N5O5/c1-22(2,9-11-28)32-12-10-26(24)15-18(23)13-25-21(31)17-5-3-16(4-6-17)14-27-19(29)7-8-20(27)30/h15-17,28H,3-14,23-24H2,1-2H3,(H,25,31)/b18-15-. The number of carbonyl (C=O) groups is 3. The number of nitrogens with one attached hydrogen (secondary N) is 1. The SMILES string of the molecule is CC(C)(CCO)OCCN(N)/C=C(\N)CNC(=O)C1CCC(CN2C(=O)CCC2=O)CC1. The van der Waals surface area contributed by atoms with Gasteiger partial charge in [-0.3, -0.25) is 19.3 Å². The molecule has 0 aromatic carbocycles. The molecule has 0 bridgehead atoms. The van der Waals surface area contributed by atoms with Crippen LogP contribution in [-0.2, 0) is 19.1 Å². The number of rotatable bonds is 12. The first-order valence-electron chi connectivity index (χ1n) is 11.4. The summed E-state index contributed by atoms with van der Waals surface area (Å²) in [7, 11) is 0. The van der Waals surface area contributed by atoms with Crippen LogP contribution in [0.5, 0.6) is 0 Å². The van der Waals surface area contributed by atoms with Gasteiger partial charge in [-0.1, -0.05) is 0 Å². The molecule has 0 aromatic rings. The van der Waals surface area contributed by atoms with Crippen LogP contribution >= 0.6 is 0 Å². The molecule has 0 radical (unpaired) electrons. The lowest BCUT2D eigenvalue weighted by atomic mass is 9.81. The second-order valence-corrected chi connectivity index (χ2v) is 9.36. The number of nitrogens with two attached hydrogens (primary N) is 2. The number of aliphatic hydroxyl groups excluding tert-OH is 1. The smallest absolute Gasteiger partial charge is 0.229 e. The van der Waals surface area contributed by atoms with Crippen LogP contribution in [0.15, 0.2) is 11.9 Å². The van der Waals surface area contributed by atoms with Crippen LogP contribution in [0.1, 0.15) is 58.8 Å². The summed E-state index contributed by atoms with van der Waals surface area (Å²) in [5, 5.41) is 13.3. The van der Waals surface area contributed by atoms with E-state index < -0.39 is 5.60 Å². The number of hydrogen-bond donors (Lipinski definition) is 4. The van der Waals surface area contributed by atoms with E-state index in [1.54, 1.807) is 6.20 Å². The second kappa shape index (κ2) is 12.2. The first-order chi connectivity index (χ1) is 15.1. The summed E-state index contributed by atoms with van der Waals surface area (Å²) in [6, 6.07) is 0. The molecule has 1 heterocycles. The van der Waals surface area contributed by atoms with Crippen molar-refractivity contribution in [1.29, 1.82) is 0 Å². The molecule has 182 valence electrons. The minimum atomic E-state index is -0.419. The number of likely N-dealkylation sites (tertiary alicyclic amines) is 1. The summed E-state index contributed by atoms with van der Waals surface area (Å²) in [6.07, 6.45) is 5.87. The molecule has 32 heavy (non-hydrogen) atoms. The maximum Gasteiger partial charge on any atom is 0.229 e. The minimum absolute atomic E-state index is 0.0363. The molecule has 0 spiro atoms. The zero-order valence-corrected chi connectivity index (χ0v) is 19.3. The van der Waals surface area contributed by atoms with Gasteiger partial charge >= 0.3 is 0 Å². The van der Waals surface area contributed by atoms with Gasteiger partial charge in [0.15, 0.2) is 0 Å². The van der Waals surface area contributed by atoms with Crippen LogP contribution in [-0.4, -0.2) is 71.2 Å². The van der Waals surface area contributed by atoms with Gasteiger partial charge in [0.25, 0.3) is 0 Å². The van der Waals surface area contributed by atoms with Crippen molar-refractivity contribution in [2.45, 2.75) is 64.4 Å². The minimum Gasteiger partial charge on any atom is -0.399 e. The number of aliphatic hydroxyl groups is 1. The van der Waals surface area contributed by atoms with Crippen molar-refractivity contribution in [3.63, 3.8) is 0 Å². The lowest BCUT2D eigenvalue weighted by molar-refractivity contribution is -0.139. The van der Waals surface area contributed by atoms with E-state index in [-0.39, 0.29) is 42.7 Å². The first kappa shape index (κ1) is 26.1. The van der Waals surface area contributed by atoms with Gasteiger partial charge < -0.3 is 25.9 Å². The van der Waals surface area contributed by atoms with Gasteiger partial charge in [-0.25, -0.2) is 5.84 Å². The van der Waals surface area contributed by atoms with E-state index in [1.165, 1.54) is 9.91 Å². The maximum atomic E-state index is 12.5. The molecular weight excluding hydrogens is 414 g/mol. The first-order valence-corrected chi connectivity index (χ1v) is 11.4. The molecule has 0 atom stereocenters. The second-order valence-electron chi connectivity index (χ2n) is 9.36. The van der Waals surface area contributed by atoms with Crippen molar-refractivity contribution in [2.24, 2.45) is 23.4 Å². The van der Waals surface area contributed by atoms with Crippen LogP contribution in [0, 0.1) is 11.8 Å². The van der Waals surface area contributed by atoms with E-state index in [4.69, 9.17) is 21.4 Å². The Labute approximate surface area is 190 Å². The van der Waals surface area contributed by atoms with Gasteiger partial charge in [-0.15, -0.1) is 0 Å². The molecule has 10 nitrogen and oxygen atoms in total. The normalized spacial score (nSPS) is 22.4. The summed E-state index contributed by atoms with van der Waals surface area (Å²) in [5.41, 5.74) is 6.00. The topological polar surface area (TPSA) is 151 Å². The molecule has 1 saturated carbocycles. The molecular formula is C22H39N5O5. The van der Waals surface area contributed by atoms with Crippen molar-refractivity contribution in [3.05, 3.63) is 11.9 Å². The van der Waals surface area contributed by atoms with E-state index in [2.05, 4.69) is 5.32 Å². The predicted octanol–water partition coefficient (Wildman–Crippen LogP) is 0.211. The fourth-order valence-corrected chi connectivity index (χ4v) is 4.12. The van der Waals surface area contributed by atoms with Crippen molar-refractivity contribution < 1.29 is 24.2 Å². The highest BCUT2D eigenvalue weighted by Crippen LogP contribution is 2.30. The number of imide groups is 1. The average molecular weight is 454 g/mol. The Hall–Kier alpha value is -2.17. The van der Waals surface area contributed by atoms with Gasteiger partial charge in [0.2, 0.25) is 17.7 Å². The third kappa shape index (κ3) is 8.40. The summed E-state index contributed by atoms with van der Waals surface area (Å²) in [6.45, 7) is 5.37. The number of hydrazine groups is 1.